The van der Waals surface area contributed by atoms with Crippen molar-refractivity contribution in [2.45, 2.75) is 31.8 Å². The van der Waals surface area contributed by atoms with Crippen LogP contribution < -0.4 is 0 Å². The number of rotatable bonds is 3. The highest BCUT2D eigenvalue weighted by atomic mass is 16.3. The molecule has 0 amide bonds. The molecule has 0 aliphatic carbocycles. The van der Waals surface area contributed by atoms with Crippen molar-refractivity contribution >= 4 is 0 Å². The molecule has 0 fully saturated rings. The maximum Gasteiger partial charge on any atom is 0.145 e. The van der Waals surface area contributed by atoms with Gasteiger partial charge < -0.3 is 10.2 Å². The van der Waals surface area contributed by atoms with Crippen molar-refractivity contribution in [1.29, 1.82) is 5.26 Å². The molecule has 0 aromatic heterocycles. The molecule has 0 aliphatic heterocycles. The summed E-state index contributed by atoms with van der Waals surface area (Å²) in [5.74, 6) is 5.21. The van der Waals surface area contributed by atoms with E-state index in [9.17, 15) is 5.11 Å². The lowest BCUT2D eigenvalue weighted by Crippen LogP contribution is -2.26. The molecule has 66 valence electrons. The molecule has 0 rings (SSSR count). The lowest BCUT2D eigenvalue weighted by Gasteiger charge is -2.10. The fourth-order valence-electron chi connectivity index (χ4n) is 0.548. The molecule has 0 saturated heterocycles. The van der Waals surface area contributed by atoms with Crippen LogP contribution in [-0.4, -0.2) is 22.4 Å². The molecular weight excluding hydrogens is 154 g/mol. The first-order valence-corrected chi connectivity index (χ1v) is 3.82. The van der Waals surface area contributed by atoms with Crippen LogP contribution in [-0.2, 0) is 0 Å². The minimum atomic E-state index is -1.30. The van der Waals surface area contributed by atoms with Crippen LogP contribution in [0.1, 0.15) is 26.2 Å². The molecule has 1 atom stereocenters. The Hall–Kier alpha value is -1.03. The van der Waals surface area contributed by atoms with Gasteiger partial charge in [0.25, 0.3) is 0 Å². The monoisotopic (exact) mass is 167 g/mol. The van der Waals surface area contributed by atoms with E-state index in [1.165, 1.54) is 6.92 Å². The number of nitriles is 1. The molecule has 3 nitrogen and oxygen atoms in total. The summed E-state index contributed by atoms with van der Waals surface area (Å²) in [6, 6.07) is 2.00. The quantitative estimate of drug-likeness (QED) is 0.473. The van der Waals surface area contributed by atoms with Gasteiger partial charge >= 0.3 is 0 Å². The molecular formula is C9H13NO2. The molecule has 1 unspecified atom stereocenters. The second kappa shape index (κ2) is 5.60. The Balaban J connectivity index is 3.67. The highest BCUT2D eigenvalue weighted by molar-refractivity contribution is 5.11. The Bertz CT molecular complexity index is 217. The third kappa shape index (κ3) is 5.73. The Kier molecular flexibility index (Phi) is 5.12. The SMILES string of the molecule is CC(O)(C#CCCCC#N)CO. The van der Waals surface area contributed by atoms with Gasteiger partial charge in [-0.05, 0) is 13.3 Å². The fourth-order valence-corrected chi connectivity index (χ4v) is 0.548. The summed E-state index contributed by atoms with van der Waals surface area (Å²) in [5.41, 5.74) is -1.30. The average Bonchev–Trinajstić information content (AvgIpc) is 2.04. The fraction of sp³-hybridized carbons (Fsp3) is 0.667. The van der Waals surface area contributed by atoms with Crippen LogP contribution in [0.3, 0.4) is 0 Å². The van der Waals surface area contributed by atoms with Gasteiger partial charge in [-0.3, -0.25) is 0 Å². The van der Waals surface area contributed by atoms with Crippen molar-refractivity contribution in [3.05, 3.63) is 0 Å². The molecule has 0 spiro atoms. The van der Waals surface area contributed by atoms with E-state index in [2.05, 4.69) is 11.8 Å². The summed E-state index contributed by atoms with van der Waals surface area (Å²) in [6.07, 6.45) is 1.78. The summed E-state index contributed by atoms with van der Waals surface area (Å²) >= 11 is 0. The number of aliphatic hydroxyl groups excluding tert-OH is 1. The largest absolute Gasteiger partial charge is 0.392 e. The van der Waals surface area contributed by atoms with E-state index >= 15 is 0 Å². The van der Waals surface area contributed by atoms with E-state index in [0.717, 1.165) is 0 Å². The maximum absolute atomic E-state index is 9.19. The van der Waals surface area contributed by atoms with Crippen LogP contribution >= 0.6 is 0 Å². The normalized spacial score (nSPS) is 13.8. The summed E-state index contributed by atoms with van der Waals surface area (Å²) in [7, 11) is 0. The lowest BCUT2D eigenvalue weighted by molar-refractivity contribution is 0.0518. The predicted octanol–water partition coefficient (Wildman–Crippen LogP) is 0.427. The first-order valence-electron chi connectivity index (χ1n) is 3.82. The molecule has 0 aromatic rings. The van der Waals surface area contributed by atoms with E-state index in [1.807, 2.05) is 6.07 Å². The average molecular weight is 167 g/mol. The van der Waals surface area contributed by atoms with Gasteiger partial charge in [0.1, 0.15) is 5.60 Å². The molecule has 3 heteroatoms. The Morgan fingerprint density at radius 3 is 2.58 bits per heavy atom. The molecule has 12 heavy (non-hydrogen) atoms. The van der Waals surface area contributed by atoms with E-state index < -0.39 is 5.60 Å². The lowest BCUT2D eigenvalue weighted by atomic mass is 10.1. The smallest absolute Gasteiger partial charge is 0.145 e. The van der Waals surface area contributed by atoms with E-state index in [1.54, 1.807) is 0 Å². The number of hydrogen-bond donors (Lipinski definition) is 2. The van der Waals surface area contributed by atoms with Gasteiger partial charge in [0, 0.05) is 12.8 Å². The third-order valence-electron chi connectivity index (χ3n) is 1.26. The van der Waals surface area contributed by atoms with Crippen molar-refractivity contribution in [2.24, 2.45) is 0 Å². The zero-order valence-electron chi connectivity index (χ0n) is 7.17. The van der Waals surface area contributed by atoms with Gasteiger partial charge in [0.05, 0.1) is 12.7 Å². The molecule has 0 aromatic carbocycles. The van der Waals surface area contributed by atoms with Crippen molar-refractivity contribution in [2.75, 3.05) is 6.61 Å². The van der Waals surface area contributed by atoms with E-state index in [4.69, 9.17) is 10.4 Å². The number of nitrogens with zero attached hydrogens (tertiary/aromatic N) is 1. The summed E-state index contributed by atoms with van der Waals surface area (Å²) in [4.78, 5) is 0. The van der Waals surface area contributed by atoms with Crippen LogP contribution in [0.25, 0.3) is 0 Å². The third-order valence-corrected chi connectivity index (χ3v) is 1.26. The Labute approximate surface area is 72.6 Å². The first-order chi connectivity index (χ1) is 5.62. The molecule has 0 heterocycles. The topological polar surface area (TPSA) is 64.2 Å². The van der Waals surface area contributed by atoms with E-state index in [-0.39, 0.29) is 6.61 Å². The Morgan fingerprint density at radius 2 is 2.08 bits per heavy atom. The van der Waals surface area contributed by atoms with Crippen LogP contribution in [0.15, 0.2) is 0 Å². The first kappa shape index (κ1) is 11.0. The molecule has 0 saturated carbocycles. The highest BCUT2D eigenvalue weighted by Crippen LogP contribution is 1.99. The van der Waals surface area contributed by atoms with Crippen molar-refractivity contribution in [3.8, 4) is 17.9 Å². The van der Waals surface area contributed by atoms with Crippen molar-refractivity contribution < 1.29 is 10.2 Å². The maximum atomic E-state index is 9.19. The van der Waals surface area contributed by atoms with Crippen LogP contribution in [0.2, 0.25) is 0 Å². The summed E-state index contributed by atoms with van der Waals surface area (Å²) in [6.45, 7) is 1.09. The van der Waals surface area contributed by atoms with Crippen molar-refractivity contribution in [1.82, 2.24) is 0 Å². The molecule has 0 aliphatic rings. The number of aliphatic hydroxyl groups is 2. The summed E-state index contributed by atoms with van der Waals surface area (Å²) in [5, 5.41) is 26.0. The van der Waals surface area contributed by atoms with Crippen molar-refractivity contribution in [3.63, 3.8) is 0 Å². The van der Waals surface area contributed by atoms with Gasteiger partial charge in [-0.25, -0.2) is 0 Å². The number of hydrogen-bond acceptors (Lipinski definition) is 3. The van der Waals surface area contributed by atoms with Gasteiger partial charge in [0.15, 0.2) is 0 Å². The van der Waals surface area contributed by atoms with Gasteiger partial charge in [-0.2, -0.15) is 5.26 Å². The van der Waals surface area contributed by atoms with Gasteiger partial charge in [0.2, 0.25) is 0 Å². The van der Waals surface area contributed by atoms with Gasteiger partial charge in [-0.15, -0.1) is 5.92 Å². The highest BCUT2D eigenvalue weighted by Gasteiger charge is 2.13. The second-order valence-corrected chi connectivity index (χ2v) is 2.75. The standard InChI is InChI=1S/C9H13NO2/c1-9(12,8-11)6-4-2-3-5-7-10/h11-12H,2-3,5,8H2,1H3. The van der Waals surface area contributed by atoms with Crippen LogP contribution in [0.4, 0.5) is 0 Å². The minimum absolute atomic E-state index is 0.363. The predicted molar refractivity (Wildman–Crippen MR) is 44.9 cm³/mol. The molecule has 0 bridgehead atoms. The number of unbranched alkanes of at least 4 members (excludes halogenated alkanes) is 2. The molecule has 2 N–H and O–H groups in total. The van der Waals surface area contributed by atoms with E-state index in [0.29, 0.717) is 19.3 Å². The zero-order chi connectivity index (χ0) is 9.45. The van der Waals surface area contributed by atoms with Crippen LogP contribution in [0, 0.1) is 23.2 Å². The minimum Gasteiger partial charge on any atom is -0.392 e. The molecule has 0 radical (unpaired) electrons. The second-order valence-electron chi connectivity index (χ2n) is 2.75. The Morgan fingerprint density at radius 1 is 1.42 bits per heavy atom. The van der Waals surface area contributed by atoms with Gasteiger partial charge in [-0.1, -0.05) is 5.92 Å². The zero-order valence-corrected chi connectivity index (χ0v) is 7.17. The summed E-state index contributed by atoms with van der Waals surface area (Å²) < 4.78 is 0. The van der Waals surface area contributed by atoms with Crippen LogP contribution in [0.5, 0.6) is 0 Å².